The molecule has 1 N–H and O–H groups in total. The molecule has 0 aliphatic carbocycles. The van der Waals surface area contributed by atoms with Crippen molar-refractivity contribution in [2.24, 2.45) is 5.92 Å². The van der Waals surface area contributed by atoms with Crippen molar-refractivity contribution in [1.82, 2.24) is 0 Å². The molecule has 156 valence electrons. The third-order valence-corrected chi connectivity index (χ3v) is 5.45. The molecule has 0 aromatic heterocycles. The van der Waals surface area contributed by atoms with Gasteiger partial charge in [-0.15, -0.1) is 0 Å². The monoisotopic (exact) mass is 378 g/mol. The predicted molar refractivity (Wildman–Crippen MR) is 114 cm³/mol. The molecule has 3 nitrogen and oxygen atoms in total. The summed E-state index contributed by atoms with van der Waals surface area (Å²) < 4.78 is 5.13. The summed E-state index contributed by atoms with van der Waals surface area (Å²) in [6.45, 7) is 4.25. The maximum absolute atomic E-state index is 11.2. The van der Waals surface area contributed by atoms with Gasteiger partial charge in [-0.1, -0.05) is 76.7 Å². The van der Waals surface area contributed by atoms with Gasteiger partial charge in [0.25, 0.3) is 0 Å². The Morgan fingerprint density at radius 1 is 0.926 bits per heavy atom. The molecule has 1 rings (SSSR count). The molecule has 1 heterocycles. The molecule has 3 atom stereocenters. The molecule has 27 heavy (non-hydrogen) atoms. The van der Waals surface area contributed by atoms with Gasteiger partial charge in [0, 0.05) is 6.42 Å². The quantitative estimate of drug-likeness (QED) is 0.178. The molecule has 1 aliphatic rings. The zero-order valence-corrected chi connectivity index (χ0v) is 17.7. The van der Waals surface area contributed by atoms with Gasteiger partial charge in [0.15, 0.2) is 0 Å². The van der Waals surface area contributed by atoms with E-state index in [4.69, 9.17) is 4.74 Å². The van der Waals surface area contributed by atoms with E-state index < -0.39 is 0 Å². The first kappa shape index (κ1) is 23.9. The van der Waals surface area contributed by atoms with Crippen LogP contribution in [0.1, 0.15) is 104 Å². The van der Waals surface area contributed by atoms with Crippen molar-refractivity contribution in [1.29, 1.82) is 0 Å². The minimum atomic E-state index is -0.324. The molecule has 1 fully saturated rings. The molecule has 0 aromatic carbocycles. The Bertz CT molecular complexity index is 427. The topological polar surface area (TPSA) is 46.5 Å². The fraction of sp³-hybridized carbons (Fsp3) is 0.792. The summed E-state index contributed by atoms with van der Waals surface area (Å²) in [5.41, 5.74) is 0. The standard InChI is InChI=1S/C24H42O3/c1-3-5-6-7-8-9-10-11-12-13-14-15-16-17-18-19-21(25)20-23-22(4-2)24(26)27-23/h8-9,11-12,21-23,25H,3-7,10,13-20H2,1-2H3/b9-8-,12-11-/t21?,22-,23-/m0/s1. The summed E-state index contributed by atoms with van der Waals surface area (Å²) in [6.07, 6.45) is 24.5. The second kappa shape index (κ2) is 15.9. The summed E-state index contributed by atoms with van der Waals surface area (Å²) in [6, 6.07) is 0. The fourth-order valence-corrected chi connectivity index (χ4v) is 3.62. The van der Waals surface area contributed by atoms with Gasteiger partial charge in [0.1, 0.15) is 6.10 Å². The van der Waals surface area contributed by atoms with Crippen LogP contribution >= 0.6 is 0 Å². The summed E-state index contributed by atoms with van der Waals surface area (Å²) >= 11 is 0. The maximum Gasteiger partial charge on any atom is 0.313 e. The van der Waals surface area contributed by atoms with Gasteiger partial charge >= 0.3 is 5.97 Å². The number of carbonyl (C=O) groups is 1. The Kier molecular flexibility index (Phi) is 14.1. The lowest BCUT2D eigenvalue weighted by molar-refractivity contribution is -0.188. The van der Waals surface area contributed by atoms with Crippen LogP contribution < -0.4 is 0 Å². The van der Waals surface area contributed by atoms with Crippen LogP contribution in [0.4, 0.5) is 0 Å². The predicted octanol–water partition coefficient (Wildman–Crippen LogP) is 6.50. The molecule has 0 amide bonds. The second-order valence-electron chi connectivity index (χ2n) is 7.90. The molecule has 0 bridgehead atoms. The summed E-state index contributed by atoms with van der Waals surface area (Å²) in [4.78, 5) is 11.2. The Labute approximate surface area is 167 Å². The van der Waals surface area contributed by atoms with E-state index in [9.17, 15) is 9.90 Å². The average molecular weight is 379 g/mol. The van der Waals surface area contributed by atoms with E-state index in [0.29, 0.717) is 6.42 Å². The smallest absolute Gasteiger partial charge is 0.313 e. The number of cyclic esters (lactones) is 1. The van der Waals surface area contributed by atoms with Gasteiger partial charge in [0.05, 0.1) is 12.0 Å². The number of hydrogen-bond donors (Lipinski definition) is 1. The molecule has 1 unspecified atom stereocenters. The van der Waals surface area contributed by atoms with Crippen molar-refractivity contribution in [3.8, 4) is 0 Å². The van der Waals surface area contributed by atoms with Gasteiger partial charge in [-0.2, -0.15) is 0 Å². The first-order chi connectivity index (χ1) is 13.2. The zero-order chi connectivity index (χ0) is 19.7. The van der Waals surface area contributed by atoms with E-state index in [-0.39, 0.29) is 24.1 Å². The lowest BCUT2D eigenvalue weighted by Crippen LogP contribution is -2.46. The van der Waals surface area contributed by atoms with Crippen molar-refractivity contribution in [3.63, 3.8) is 0 Å². The number of ether oxygens (including phenoxy) is 1. The molecule has 1 saturated heterocycles. The lowest BCUT2D eigenvalue weighted by atomic mass is 9.89. The number of unbranched alkanes of at least 4 members (excludes halogenated alkanes) is 8. The van der Waals surface area contributed by atoms with E-state index >= 15 is 0 Å². The average Bonchev–Trinajstić information content (AvgIpc) is 2.64. The first-order valence-corrected chi connectivity index (χ1v) is 11.4. The Morgan fingerprint density at radius 3 is 2.19 bits per heavy atom. The largest absolute Gasteiger partial charge is 0.461 e. The molecule has 0 saturated carbocycles. The van der Waals surface area contributed by atoms with Gasteiger partial charge in [-0.3, -0.25) is 4.79 Å². The van der Waals surface area contributed by atoms with Crippen LogP contribution in [0.2, 0.25) is 0 Å². The molecular formula is C24H42O3. The van der Waals surface area contributed by atoms with E-state index in [1.165, 1.54) is 57.8 Å². The molecule has 0 aromatic rings. The van der Waals surface area contributed by atoms with E-state index in [1.807, 2.05) is 6.92 Å². The summed E-state index contributed by atoms with van der Waals surface area (Å²) in [7, 11) is 0. The van der Waals surface area contributed by atoms with Gasteiger partial charge < -0.3 is 9.84 Å². The maximum atomic E-state index is 11.2. The highest BCUT2D eigenvalue weighted by molar-refractivity contribution is 5.78. The highest BCUT2D eigenvalue weighted by Crippen LogP contribution is 2.29. The van der Waals surface area contributed by atoms with Crippen LogP contribution in [0.3, 0.4) is 0 Å². The SMILES string of the molecule is CCCCC/C=C\C/C=C\CCCCCCCC(O)C[C@@H]1OC(=O)[C@H]1CC. The van der Waals surface area contributed by atoms with Crippen LogP contribution in [-0.4, -0.2) is 23.3 Å². The summed E-state index contributed by atoms with van der Waals surface area (Å²) in [5.74, 6) is -0.0731. The molecule has 1 aliphatic heterocycles. The van der Waals surface area contributed by atoms with Gasteiger partial charge in [0.2, 0.25) is 0 Å². The van der Waals surface area contributed by atoms with E-state index in [0.717, 1.165) is 25.7 Å². The number of allylic oxidation sites excluding steroid dienone is 4. The van der Waals surface area contributed by atoms with Crippen molar-refractivity contribution in [2.75, 3.05) is 0 Å². The van der Waals surface area contributed by atoms with E-state index in [1.54, 1.807) is 0 Å². The Balaban J connectivity index is 1.86. The van der Waals surface area contributed by atoms with Gasteiger partial charge in [-0.05, 0) is 44.9 Å². The Hall–Kier alpha value is -1.09. The number of hydrogen-bond acceptors (Lipinski definition) is 3. The number of rotatable bonds is 17. The third kappa shape index (κ3) is 11.4. The second-order valence-corrected chi connectivity index (χ2v) is 7.90. The molecule has 3 heteroatoms. The minimum absolute atomic E-state index is 0.0178. The first-order valence-electron chi connectivity index (χ1n) is 11.4. The highest BCUT2D eigenvalue weighted by Gasteiger charge is 2.41. The van der Waals surface area contributed by atoms with Gasteiger partial charge in [-0.25, -0.2) is 0 Å². The van der Waals surface area contributed by atoms with Crippen LogP contribution in [-0.2, 0) is 9.53 Å². The highest BCUT2D eigenvalue weighted by atomic mass is 16.6. The number of aliphatic hydroxyl groups is 1. The molecular weight excluding hydrogens is 336 g/mol. The van der Waals surface area contributed by atoms with Crippen molar-refractivity contribution in [3.05, 3.63) is 24.3 Å². The van der Waals surface area contributed by atoms with Crippen molar-refractivity contribution in [2.45, 2.75) is 116 Å². The molecule has 0 radical (unpaired) electrons. The lowest BCUT2D eigenvalue weighted by Gasteiger charge is -2.35. The zero-order valence-electron chi connectivity index (χ0n) is 17.7. The van der Waals surface area contributed by atoms with Crippen molar-refractivity contribution < 1.29 is 14.6 Å². The van der Waals surface area contributed by atoms with E-state index in [2.05, 4.69) is 31.2 Å². The Morgan fingerprint density at radius 2 is 1.56 bits per heavy atom. The fourth-order valence-electron chi connectivity index (χ4n) is 3.62. The van der Waals surface area contributed by atoms with Crippen LogP contribution in [0.25, 0.3) is 0 Å². The van der Waals surface area contributed by atoms with Crippen LogP contribution in [0.15, 0.2) is 24.3 Å². The molecule has 0 spiro atoms. The normalized spacial score (nSPS) is 20.9. The third-order valence-electron chi connectivity index (χ3n) is 5.45. The van der Waals surface area contributed by atoms with Crippen LogP contribution in [0, 0.1) is 5.92 Å². The number of carbonyl (C=O) groups excluding carboxylic acids is 1. The minimum Gasteiger partial charge on any atom is -0.461 e. The van der Waals surface area contributed by atoms with Crippen LogP contribution in [0.5, 0.6) is 0 Å². The number of aliphatic hydroxyl groups excluding tert-OH is 1. The van der Waals surface area contributed by atoms with Crippen molar-refractivity contribution >= 4 is 5.97 Å². The summed E-state index contributed by atoms with van der Waals surface area (Å²) in [5, 5.41) is 10.1. The number of esters is 1.